The first-order chi connectivity index (χ1) is 12.2. The van der Waals surface area contributed by atoms with Crippen LogP contribution in [0.25, 0.3) is 0 Å². The summed E-state index contributed by atoms with van der Waals surface area (Å²) in [5, 5.41) is -0.176. The van der Waals surface area contributed by atoms with Crippen molar-refractivity contribution in [3.05, 3.63) is 105 Å². The number of hydrogen-bond donors (Lipinski definition) is 0. The summed E-state index contributed by atoms with van der Waals surface area (Å²) in [6.45, 7) is 13.4. The van der Waals surface area contributed by atoms with Crippen molar-refractivity contribution < 1.29 is 0 Å². The molecule has 0 amide bonds. The highest BCUT2D eigenvalue weighted by atomic mass is 14.3. The lowest BCUT2D eigenvalue weighted by atomic mass is 9.53. The Morgan fingerprint density at radius 1 is 0.577 bits per heavy atom. The van der Waals surface area contributed by atoms with Crippen LogP contribution in [-0.2, 0) is 5.31 Å². The Bertz CT molecular complexity index is 848. The third-order valence-electron chi connectivity index (χ3n) is 5.71. The molecule has 0 aromatic heterocycles. The molecule has 3 aromatic carbocycles. The SMILES string of the molecule is BC(c1ccccc1)(c1c(C)cc(C)cc1C)c1c(C)cc(C)cc1C. The van der Waals surface area contributed by atoms with Gasteiger partial charge in [0.05, 0.1) is 0 Å². The standard InChI is InChI=1S/C25H29B/c1-16-12-18(3)23(19(4)13-16)25(26,22-10-8-7-9-11-22)24-20(5)14-17(2)15-21(24)6/h7-15H,26H2,1-6H3. The Hall–Kier alpha value is -2.28. The molecule has 3 rings (SSSR count). The van der Waals surface area contributed by atoms with Crippen LogP contribution in [0.5, 0.6) is 0 Å². The van der Waals surface area contributed by atoms with Gasteiger partial charge in [-0.2, -0.15) is 0 Å². The average molecular weight is 340 g/mol. The molecule has 0 aliphatic rings. The smallest absolute Gasteiger partial charge is 0.0622 e. The topological polar surface area (TPSA) is 0 Å². The van der Waals surface area contributed by atoms with Gasteiger partial charge in [-0.25, -0.2) is 0 Å². The van der Waals surface area contributed by atoms with E-state index < -0.39 is 0 Å². The molecule has 0 heterocycles. The molecule has 0 spiro atoms. The van der Waals surface area contributed by atoms with Crippen molar-refractivity contribution in [3.63, 3.8) is 0 Å². The van der Waals surface area contributed by atoms with E-state index in [9.17, 15) is 0 Å². The van der Waals surface area contributed by atoms with Gasteiger partial charge in [-0.05, 0) is 80.5 Å². The van der Waals surface area contributed by atoms with Crippen LogP contribution in [0.1, 0.15) is 50.1 Å². The molecule has 1 heteroatoms. The Morgan fingerprint density at radius 2 is 0.923 bits per heavy atom. The first-order valence-corrected chi connectivity index (χ1v) is 9.47. The van der Waals surface area contributed by atoms with E-state index >= 15 is 0 Å². The quantitative estimate of drug-likeness (QED) is 0.439. The Balaban J connectivity index is 2.45. The van der Waals surface area contributed by atoms with Crippen LogP contribution in [-0.4, -0.2) is 7.85 Å². The van der Waals surface area contributed by atoms with Crippen LogP contribution < -0.4 is 0 Å². The van der Waals surface area contributed by atoms with Gasteiger partial charge in [0.2, 0.25) is 0 Å². The first-order valence-electron chi connectivity index (χ1n) is 9.47. The lowest BCUT2D eigenvalue weighted by Gasteiger charge is -2.37. The predicted octanol–water partition coefficient (Wildman–Crippen LogP) is 5.46. The fraction of sp³-hybridized carbons (Fsp3) is 0.280. The third-order valence-corrected chi connectivity index (χ3v) is 5.71. The molecule has 0 atom stereocenters. The van der Waals surface area contributed by atoms with Crippen LogP contribution in [0.2, 0.25) is 0 Å². The van der Waals surface area contributed by atoms with Gasteiger partial charge in [0, 0.05) is 5.31 Å². The molecule has 0 nitrogen and oxygen atoms in total. The minimum Gasteiger partial charge on any atom is -0.0622 e. The molecular formula is C25H29B. The Labute approximate surface area is 159 Å². The molecule has 0 aliphatic carbocycles. The highest BCUT2D eigenvalue weighted by molar-refractivity contribution is 6.21. The van der Waals surface area contributed by atoms with Crippen LogP contribution in [0.3, 0.4) is 0 Å². The van der Waals surface area contributed by atoms with Gasteiger partial charge >= 0.3 is 0 Å². The van der Waals surface area contributed by atoms with Gasteiger partial charge in [-0.3, -0.25) is 0 Å². The third kappa shape index (κ3) is 3.01. The second kappa shape index (κ2) is 6.80. The van der Waals surface area contributed by atoms with Gasteiger partial charge in [-0.1, -0.05) is 65.7 Å². The summed E-state index contributed by atoms with van der Waals surface area (Å²) in [6, 6.07) is 20.3. The summed E-state index contributed by atoms with van der Waals surface area (Å²) >= 11 is 0. The van der Waals surface area contributed by atoms with E-state index in [1.807, 2.05) is 0 Å². The van der Waals surface area contributed by atoms with Crippen LogP contribution >= 0.6 is 0 Å². The molecule has 0 radical (unpaired) electrons. The summed E-state index contributed by atoms with van der Waals surface area (Å²) in [6.07, 6.45) is 0. The molecule has 3 aromatic rings. The predicted molar refractivity (Wildman–Crippen MR) is 116 cm³/mol. The molecule has 132 valence electrons. The lowest BCUT2D eigenvalue weighted by molar-refractivity contribution is 0.834. The van der Waals surface area contributed by atoms with Crippen LogP contribution in [0.15, 0.2) is 54.6 Å². The van der Waals surface area contributed by atoms with E-state index in [2.05, 4.69) is 104 Å². The molecule has 0 saturated carbocycles. The van der Waals surface area contributed by atoms with Gasteiger partial charge < -0.3 is 0 Å². The normalized spacial score (nSPS) is 11.6. The van der Waals surface area contributed by atoms with Crippen molar-refractivity contribution in [2.75, 3.05) is 0 Å². The second-order valence-electron chi connectivity index (χ2n) is 8.04. The minimum atomic E-state index is -0.176. The fourth-order valence-electron chi connectivity index (χ4n) is 5.12. The van der Waals surface area contributed by atoms with Crippen molar-refractivity contribution in [1.29, 1.82) is 0 Å². The maximum Gasteiger partial charge on any atom is 0.126 e. The highest BCUT2D eigenvalue weighted by Gasteiger charge is 2.36. The van der Waals surface area contributed by atoms with Gasteiger partial charge in [0.15, 0.2) is 0 Å². The van der Waals surface area contributed by atoms with Gasteiger partial charge in [0.1, 0.15) is 7.85 Å². The zero-order chi connectivity index (χ0) is 19.1. The average Bonchev–Trinajstić information content (AvgIpc) is 2.53. The molecule has 0 aliphatic heterocycles. The van der Waals surface area contributed by atoms with Crippen molar-refractivity contribution in [1.82, 2.24) is 0 Å². The highest BCUT2D eigenvalue weighted by Crippen LogP contribution is 2.42. The van der Waals surface area contributed by atoms with E-state index in [1.165, 1.54) is 50.1 Å². The Morgan fingerprint density at radius 3 is 1.27 bits per heavy atom. The lowest BCUT2D eigenvalue weighted by Crippen LogP contribution is -2.33. The van der Waals surface area contributed by atoms with E-state index in [1.54, 1.807) is 0 Å². The number of hydrogen-bond acceptors (Lipinski definition) is 0. The van der Waals surface area contributed by atoms with Gasteiger partial charge in [-0.15, -0.1) is 0 Å². The maximum atomic E-state index is 2.40. The summed E-state index contributed by atoms with van der Waals surface area (Å²) in [4.78, 5) is 0. The number of rotatable bonds is 3. The minimum absolute atomic E-state index is 0.176. The summed E-state index contributed by atoms with van der Waals surface area (Å²) in [5.41, 5.74) is 12.4. The monoisotopic (exact) mass is 340 g/mol. The summed E-state index contributed by atoms with van der Waals surface area (Å²) < 4.78 is 0. The molecule has 0 bridgehead atoms. The fourth-order valence-corrected chi connectivity index (χ4v) is 5.12. The second-order valence-corrected chi connectivity index (χ2v) is 8.04. The molecule has 0 N–H and O–H groups in total. The Kier molecular flexibility index (Phi) is 4.84. The molecule has 26 heavy (non-hydrogen) atoms. The number of aryl methyl sites for hydroxylation is 6. The summed E-state index contributed by atoms with van der Waals surface area (Å²) in [7, 11) is 2.40. The molecule has 0 fully saturated rings. The van der Waals surface area contributed by atoms with E-state index in [0.717, 1.165) is 0 Å². The first kappa shape index (κ1) is 18.5. The molecule has 0 saturated heterocycles. The van der Waals surface area contributed by atoms with Crippen molar-refractivity contribution in [2.45, 2.75) is 46.9 Å². The van der Waals surface area contributed by atoms with E-state index in [4.69, 9.17) is 0 Å². The van der Waals surface area contributed by atoms with E-state index in [0.29, 0.717) is 0 Å². The van der Waals surface area contributed by atoms with Crippen LogP contribution in [0, 0.1) is 41.5 Å². The molecule has 0 unspecified atom stereocenters. The molecular weight excluding hydrogens is 311 g/mol. The zero-order valence-electron chi connectivity index (χ0n) is 17.2. The van der Waals surface area contributed by atoms with Crippen LogP contribution in [0.4, 0.5) is 0 Å². The maximum absolute atomic E-state index is 2.40. The zero-order valence-corrected chi connectivity index (χ0v) is 17.2. The van der Waals surface area contributed by atoms with Gasteiger partial charge in [0.25, 0.3) is 0 Å². The van der Waals surface area contributed by atoms with Crippen molar-refractivity contribution in [3.8, 4) is 0 Å². The summed E-state index contributed by atoms with van der Waals surface area (Å²) in [5.74, 6) is 0. The van der Waals surface area contributed by atoms with Crippen molar-refractivity contribution >= 4 is 7.85 Å². The van der Waals surface area contributed by atoms with E-state index in [-0.39, 0.29) is 5.31 Å². The largest absolute Gasteiger partial charge is 0.126 e. The van der Waals surface area contributed by atoms with Crippen molar-refractivity contribution in [2.24, 2.45) is 0 Å². The number of benzene rings is 3.